The molecule has 0 heterocycles. The lowest BCUT2D eigenvalue weighted by molar-refractivity contribution is -0.136. The molecule has 3 heteroatoms. The van der Waals surface area contributed by atoms with Crippen molar-refractivity contribution >= 4 is 5.97 Å². The summed E-state index contributed by atoms with van der Waals surface area (Å²) < 4.78 is 5.66. The maximum Gasteiger partial charge on any atom is 0.307 e. The van der Waals surface area contributed by atoms with Crippen molar-refractivity contribution in [2.75, 3.05) is 6.61 Å². The van der Waals surface area contributed by atoms with Gasteiger partial charge in [-0.3, -0.25) is 4.79 Å². The zero-order valence-electron chi connectivity index (χ0n) is 12.4. The molecule has 112 valence electrons. The number of hydrogen-bond acceptors (Lipinski definition) is 2. The molecule has 1 aromatic rings. The molecule has 0 unspecified atom stereocenters. The molecule has 0 aliphatic heterocycles. The van der Waals surface area contributed by atoms with Crippen molar-refractivity contribution in [2.24, 2.45) is 0 Å². The monoisotopic (exact) mass is 278 g/mol. The minimum Gasteiger partial charge on any atom is -0.481 e. The summed E-state index contributed by atoms with van der Waals surface area (Å²) in [4.78, 5) is 10.8. The van der Waals surface area contributed by atoms with Gasteiger partial charge in [-0.05, 0) is 17.5 Å². The Morgan fingerprint density at radius 1 is 1.05 bits per heavy atom. The number of benzene rings is 1. The largest absolute Gasteiger partial charge is 0.481 e. The van der Waals surface area contributed by atoms with E-state index in [0.29, 0.717) is 6.61 Å². The Morgan fingerprint density at radius 3 is 2.40 bits per heavy atom. The van der Waals surface area contributed by atoms with Crippen LogP contribution in [0.4, 0.5) is 0 Å². The summed E-state index contributed by atoms with van der Waals surface area (Å²) in [5, 5.41) is 8.86. The van der Waals surface area contributed by atoms with E-state index in [2.05, 4.69) is 6.92 Å². The van der Waals surface area contributed by atoms with Crippen LogP contribution in [0.3, 0.4) is 0 Å². The van der Waals surface area contributed by atoms with E-state index in [0.717, 1.165) is 24.2 Å². The van der Waals surface area contributed by atoms with Crippen LogP contribution in [-0.4, -0.2) is 17.7 Å². The molecule has 0 saturated carbocycles. The Labute approximate surface area is 122 Å². The Kier molecular flexibility index (Phi) is 8.72. The number of hydrogen-bond donors (Lipinski definition) is 1. The number of carbonyl (C=O) groups is 1. The molecule has 0 saturated heterocycles. The van der Waals surface area contributed by atoms with Gasteiger partial charge in [0.1, 0.15) is 0 Å². The zero-order chi connectivity index (χ0) is 14.6. The van der Waals surface area contributed by atoms with Crippen LogP contribution >= 0.6 is 0 Å². The average molecular weight is 278 g/mol. The van der Waals surface area contributed by atoms with Crippen LogP contribution in [0.1, 0.15) is 56.6 Å². The number of carboxylic acid groups (broad SMARTS) is 1. The van der Waals surface area contributed by atoms with Gasteiger partial charge >= 0.3 is 5.97 Å². The normalized spacial score (nSPS) is 10.7. The van der Waals surface area contributed by atoms with Gasteiger partial charge in [0.15, 0.2) is 0 Å². The zero-order valence-corrected chi connectivity index (χ0v) is 12.4. The lowest BCUT2D eigenvalue weighted by Crippen LogP contribution is -2.05. The molecule has 1 N–H and O–H groups in total. The first kappa shape index (κ1) is 16.7. The van der Waals surface area contributed by atoms with Crippen LogP contribution in [0.2, 0.25) is 0 Å². The maximum absolute atomic E-state index is 10.8. The van der Waals surface area contributed by atoms with E-state index < -0.39 is 5.97 Å². The van der Waals surface area contributed by atoms with Crippen LogP contribution in [0.5, 0.6) is 0 Å². The minimum absolute atomic E-state index is 0.0660. The third kappa shape index (κ3) is 7.29. The van der Waals surface area contributed by atoms with Gasteiger partial charge < -0.3 is 9.84 Å². The summed E-state index contributed by atoms with van der Waals surface area (Å²) in [5.74, 6) is -0.798. The molecule has 0 atom stereocenters. The van der Waals surface area contributed by atoms with Gasteiger partial charge in [-0.2, -0.15) is 0 Å². The molecule has 0 aliphatic rings. The highest BCUT2D eigenvalue weighted by atomic mass is 16.5. The number of aliphatic carboxylic acids is 1. The molecular weight excluding hydrogens is 252 g/mol. The number of unbranched alkanes of at least 4 members (excludes halogenated alkanes) is 5. The standard InChI is InChI=1S/C17H26O3/c1-2-3-4-5-6-9-12-20-14-16-11-8-7-10-15(16)13-17(18)19/h7-8,10-11H,2-6,9,12-14H2,1H3,(H,18,19). The first-order chi connectivity index (χ1) is 9.74. The number of ether oxygens (including phenoxy) is 1. The Hall–Kier alpha value is -1.35. The lowest BCUT2D eigenvalue weighted by Gasteiger charge is -2.08. The molecule has 1 rings (SSSR count). The third-order valence-corrected chi connectivity index (χ3v) is 3.36. The van der Waals surface area contributed by atoms with Gasteiger partial charge in [0.2, 0.25) is 0 Å². The van der Waals surface area contributed by atoms with Gasteiger partial charge in [-0.25, -0.2) is 0 Å². The third-order valence-electron chi connectivity index (χ3n) is 3.36. The summed E-state index contributed by atoms with van der Waals surface area (Å²) in [6, 6.07) is 7.60. The van der Waals surface area contributed by atoms with E-state index in [1.54, 1.807) is 0 Å². The van der Waals surface area contributed by atoms with E-state index in [9.17, 15) is 4.79 Å². The van der Waals surface area contributed by atoms with E-state index in [-0.39, 0.29) is 6.42 Å². The number of carboxylic acids is 1. The van der Waals surface area contributed by atoms with Crippen molar-refractivity contribution in [3.8, 4) is 0 Å². The van der Waals surface area contributed by atoms with Gasteiger partial charge in [-0.15, -0.1) is 0 Å². The van der Waals surface area contributed by atoms with Crippen LogP contribution in [0.25, 0.3) is 0 Å². The van der Waals surface area contributed by atoms with Crippen LogP contribution in [0.15, 0.2) is 24.3 Å². The van der Waals surface area contributed by atoms with Gasteiger partial charge in [0.05, 0.1) is 13.0 Å². The molecule has 0 fully saturated rings. The molecule has 0 spiro atoms. The van der Waals surface area contributed by atoms with E-state index in [1.807, 2.05) is 24.3 Å². The summed E-state index contributed by atoms with van der Waals surface area (Å²) in [6.45, 7) is 3.49. The fourth-order valence-electron chi connectivity index (χ4n) is 2.20. The summed E-state index contributed by atoms with van der Waals surface area (Å²) in [7, 11) is 0. The predicted molar refractivity (Wildman–Crippen MR) is 80.8 cm³/mol. The molecule has 0 amide bonds. The summed E-state index contributed by atoms with van der Waals surface area (Å²) in [6.07, 6.45) is 7.57. The molecule has 0 bridgehead atoms. The van der Waals surface area contributed by atoms with Gasteiger partial charge in [0, 0.05) is 6.61 Å². The predicted octanol–water partition coefficient (Wildman–Crippen LogP) is 4.19. The van der Waals surface area contributed by atoms with Crippen molar-refractivity contribution in [2.45, 2.75) is 58.5 Å². The highest BCUT2D eigenvalue weighted by Gasteiger charge is 2.05. The molecule has 0 aromatic heterocycles. The average Bonchev–Trinajstić information content (AvgIpc) is 2.43. The van der Waals surface area contributed by atoms with Crippen molar-refractivity contribution in [3.05, 3.63) is 35.4 Å². The van der Waals surface area contributed by atoms with Crippen molar-refractivity contribution in [1.82, 2.24) is 0 Å². The van der Waals surface area contributed by atoms with E-state index in [4.69, 9.17) is 9.84 Å². The van der Waals surface area contributed by atoms with Crippen molar-refractivity contribution < 1.29 is 14.6 Å². The Morgan fingerprint density at radius 2 is 1.70 bits per heavy atom. The molecule has 20 heavy (non-hydrogen) atoms. The molecule has 3 nitrogen and oxygen atoms in total. The highest BCUT2D eigenvalue weighted by molar-refractivity contribution is 5.70. The van der Waals surface area contributed by atoms with Crippen LogP contribution < -0.4 is 0 Å². The topological polar surface area (TPSA) is 46.5 Å². The SMILES string of the molecule is CCCCCCCCOCc1ccccc1CC(=O)O. The lowest BCUT2D eigenvalue weighted by atomic mass is 10.1. The van der Waals surface area contributed by atoms with Crippen LogP contribution in [0, 0.1) is 0 Å². The first-order valence-corrected chi connectivity index (χ1v) is 7.60. The smallest absolute Gasteiger partial charge is 0.307 e. The molecular formula is C17H26O3. The Balaban J connectivity index is 2.20. The second kappa shape index (κ2) is 10.4. The van der Waals surface area contributed by atoms with Gasteiger partial charge in [-0.1, -0.05) is 63.3 Å². The first-order valence-electron chi connectivity index (χ1n) is 7.60. The Bertz CT molecular complexity index is 388. The van der Waals surface area contributed by atoms with E-state index in [1.165, 1.54) is 32.1 Å². The maximum atomic E-state index is 10.8. The quantitative estimate of drug-likeness (QED) is 0.617. The highest BCUT2D eigenvalue weighted by Crippen LogP contribution is 2.12. The summed E-state index contributed by atoms with van der Waals surface area (Å²) in [5.41, 5.74) is 1.84. The second-order valence-electron chi connectivity index (χ2n) is 5.16. The molecule has 0 radical (unpaired) electrons. The fourth-order valence-corrected chi connectivity index (χ4v) is 2.20. The minimum atomic E-state index is -0.798. The van der Waals surface area contributed by atoms with Crippen molar-refractivity contribution in [3.63, 3.8) is 0 Å². The van der Waals surface area contributed by atoms with Crippen molar-refractivity contribution in [1.29, 1.82) is 0 Å². The summed E-state index contributed by atoms with van der Waals surface area (Å²) >= 11 is 0. The fraction of sp³-hybridized carbons (Fsp3) is 0.588. The number of rotatable bonds is 11. The second-order valence-corrected chi connectivity index (χ2v) is 5.16. The van der Waals surface area contributed by atoms with E-state index >= 15 is 0 Å². The van der Waals surface area contributed by atoms with Gasteiger partial charge in [0.25, 0.3) is 0 Å². The van der Waals surface area contributed by atoms with Crippen LogP contribution in [-0.2, 0) is 22.6 Å². The molecule has 0 aliphatic carbocycles. The molecule has 1 aromatic carbocycles.